The van der Waals surface area contributed by atoms with Crippen molar-refractivity contribution in [3.05, 3.63) is 76.1 Å². The first-order valence-corrected chi connectivity index (χ1v) is 6.56. The van der Waals surface area contributed by atoms with E-state index in [1.807, 2.05) is 24.3 Å². The van der Waals surface area contributed by atoms with Crippen LogP contribution in [0.1, 0.15) is 22.3 Å². The van der Waals surface area contributed by atoms with E-state index in [4.69, 9.17) is 5.73 Å². The van der Waals surface area contributed by atoms with Crippen LogP contribution in [0.25, 0.3) is 5.32 Å². The van der Waals surface area contributed by atoms with Crippen molar-refractivity contribution in [2.75, 3.05) is 0 Å². The normalized spacial score (nSPS) is 11.6. The van der Waals surface area contributed by atoms with Gasteiger partial charge in [-0.15, -0.1) is 13.1 Å². The van der Waals surface area contributed by atoms with Crippen LogP contribution in [0.4, 0.5) is 13.2 Å². The van der Waals surface area contributed by atoms with Gasteiger partial charge in [0.2, 0.25) is 0 Å². The summed E-state index contributed by atoms with van der Waals surface area (Å²) in [5.41, 5.74) is 7.48. The molecule has 2 aromatic rings. The van der Waals surface area contributed by atoms with Crippen LogP contribution in [-0.4, -0.2) is 0 Å². The molecule has 2 rings (SSSR count). The third kappa shape index (κ3) is 4.58. The zero-order valence-corrected chi connectivity index (χ0v) is 11.4. The molecule has 0 spiro atoms. The van der Waals surface area contributed by atoms with Gasteiger partial charge in [0.05, 0.1) is 5.56 Å². The summed E-state index contributed by atoms with van der Waals surface area (Å²) < 4.78 is 37.8. The lowest BCUT2D eigenvalue weighted by Gasteiger charge is -2.20. The quantitative estimate of drug-likeness (QED) is 0.880. The van der Waals surface area contributed by atoms with E-state index in [-0.39, 0.29) is 6.54 Å². The van der Waals surface area contributed by atoms with E-state index >= 15 is 0 Å². The second kappa shape index (κ2) is 6.74. The maximum Gasteiger partial charge on any atom is 0.416 e. The minimum absolute atomic E-state index is 0.266. The lowest BCUT2D eigenvalue weighted by molar-refractivity contribution is -0.137. The number of alkyl halides is 3. The van der Waals surface area contributed by atoms with Crippen LogP contribution in [0, 0.1) is 0 Å². The fraction of sp³-hybridized carbons (Fsp3) is 0.250. The third-order valence-corrected chi connectivity index (χ3v) is 3.10. The zero-order chi connectivity index (χ0) is 15.3. The molecule has 0 aromatic heterocycles. The van der Waals surface area contributed by atoms with Gasteiger partial charge >= 0.3 is 6.18 Å². The molecule has 0 atom stereocenters. The Kier molecular flexibility index (Phi) is 4.98. The van der Waals surface area contributed by atoms with Crippen LogP contribution in [0.3, 0.4) is 0 Å². The average Bonchev–Trinajstić information content (AvgIpc) is 2.47. The summed E-state index contributed by atoms with van der Waals surface area (Å²) in [4.78, 5) is 0. The van der Waals surface area contributed by atoms with E-state index in [9.17, 15) is 13.2 Å². The molecule has 0 saturated heterocycles. The van der Waals surface area contributed by atoms with E-state index in [1.54, 1.807) is 6.07 Å². The molecule has 0 bridgehead atoms. The summed E-state index contributed by atoms with van der Waals surface area (Å²) in [7, 11) is 0. The van der Waals surface area contributed by atoms with Crippen LogP contribution in [0.15, 0.2) is 48.5 Å². The Morgan fingerprint density at radius 3 is 2.10 bits per heavy atom. The molecule has 0 aliphatic rings. The Labute approximate surface area is 121 Å². The highest BCUT2D eigenvalue weighted by Crippen LogP contribution is 2.29. The summed E-state index contributed by atoms with van der Waals surface area (Å²) in [6.45, 7) is 1.23. The molecular weight excluding hydrogens is 277 g/mol. The Morgan fingerprint density at radius 1 is 0.857 bits per heavy atom. The molecule has 0 unspecified atom stereocenters. The molecule has 112 valence electrons. The van der Waals surface area contributed by atoms with Crippen molar-refractivity contribution >= 4 is 0 Å². The van der Waals surface area contributed by atoms with Crippen molar-refractivity contribution in [3.63, 3.8) is 0 Å². The molecular formula is C16H16F3N2-. The Bertz CT molecular complexity index is 577. The summed E-state index contributed by atoms with van der Waals surface area (Å²) >= 11 is 0. The molecule has 0 radical (unpaired) electrons. The van der Waals surface area contributed by atoms with Gasteiger partial charge in [-0.05, 0) is 11.6 Å². The van der Waals surface area contributed by atoms with E-state index in [0.717, 1.165) is 23.3 Å². The van der Waals surface area contributed by atoms with Crippen molar-refractivity contribution in [2.24, 2.45) is 5.73 Å². The first-order valence-electron chi connectivity index (χ1n) is 6.56. The van der Waals surface area contributed by atoms with E-state index in [2.05, 4.69) is 5.32 Å². The first kappa shape index (κ1) is 15.5. The number of benzene rings is 2. The fourth-order valence-electron chi connectivity index (χ4n) is 1.94. The highest BCUT2D eigenvalue weighted by atomic mass is 19.4. The van der Waals surface area contributed by atoms with Gasteiger partial charge in [0.1, 0.15) is 0 Å². The second-order valence-electron chi connectivity index (χ2n) is 4.76. The number of hydrogen-bond acceptors (Lipinski definition) is 1. The second-order valence-corrected chi connectivity index (χ2v) is 4.76. The van der Waals surface area contributed by atoms with Crippen LogP contribution >= 0.6 is 0 Å². The van der Waals surface area contributed by atoms with Gasteiger partial charge in [-0.2, -0.15) is 13.2 Å². The van der Waals surface area contributed by atoms with Crippen molar-refractivity contribution < 1.29 is 13.2 Å². The summed E-state index contributed by atoms with van der Waals surface area (Å²) in [6, 6.07) is 13.0. The number of rotatable bonds is 5. The molecule has 0 amide bonds. The van der Waals surface area contributed by atoms with Crippen molar-refractivity contribution in [3.8, 4) is 0 Å². The average molecular weight is 293 g/mol. The minimum atomic E-state index is -4.31. The zero-order valence-electron chi connectivity index (χ0n) is 11.4. The Balaban J connectivity index is 1.91. The molecule has 0 fully saturated rings. The number of nitrogens with zero attached hydrogens (tertiary/aromatic N) is 1. The third-order valence-electron chi connectivity index (χ3n) is 3.10. The van der Waals surface area contributed by atoms with Gasteiger partial charge < -0.3 is 11.1 Å². The van der Waals surface area contributed by atoms with Crippen molar-refractivity contribution in [1.29, 1.82) is 0 Å². The SMILES string of the molecule is NCc1ccc(C[N-]Cc2cccc(C(F)(F)F)c2)cc1. The molecule has 21 heavy (non-hydrogen) atoms. The lowest BCUT2D eigenvalue weighted by Crippen LogP contribution is -2.05. The molecule has 0 heterocycles. The predicted molar refractivity (Wildman–Crippen MR) is 76.5 cm³/mol. The summed E-state index contributed by atoms with van der Waals surface area (Å²) in [5.74, 6) is 0. The molecule has 0 saturated carbocycles. The summed E-state index contributed by atoms with van der Waals surface area (Å²) in [6.07, 6.45) is -4.31. The van der Waals surface area contributed by atoms with E-state index in [1.165, 1.54) is 6.07 Å². The minimum Gasteiger partial charge on any atom is -0.655 e. The van der Waals surface area contributed by atoms with E-state index < -0.39 is 11.7 Å². The summed E-state index contributed by atoms with van der Waals surface area (Å²) in [5, 5.41) is 4.29. The molecule has 5 heteroatoms. The Morgan fingerprint density at radius 2 is 1.48 bits per heavy atom. The topological polar surface area (TPSA) is 40.1 Å². The maximum atomic E-state index is 12.6. The van der Waals surface area contributed by atoms with Crippen molar-refractivity contribution in [1.82, 2.24) is 0 Å². The molecule has 2 aromatic carbocycles. The standard InChI is InChI=1S/C16H16F3N2/c17-16(18,19)15-3-1-2-14(8-15)11-21-10-13-6-4-12(9-20)5-7-13/h1-8H,9-11,20H2/q-1. The van der Waals surface area contributed by atoms with Gasteiger partial charge in [-0.3, -0.25) is 0 Å². The fourth-order valence-corrected chi connectivity index (χ4v) is 1.94. The van der Waals surface area contributed by atoms with Crippen LogP contribution in [0.2, 0.25) is 0 Å². The molecule has 0 aliphatic heterocycles. The van der Waals surface area contributed by atoms with Crippen LogP contribution in [0.5, 0.6) is 0 Å². The number of halogens is 3. The Hall–Kier alpha value is -1.85. The smallest absolute Gasteiger partial charge is 0.416 e. The maximum absolute atomic E-state index is 12.6. The van der Waals surface area contributed by atoms with Gasteiger partial charge in [0, 0.05) is 6.54 Å². The predicted octanol–water partition coefficient (Wildman–Crippen LogP) is 4.24. The van der Waals surface area contributed by atoms with Gasteiger partial charge in [0.25, 0.3) is 0 Å². The highest BCUT2D eigenvalue weighted by Gasteiger charge is 2.29. The van der Waals surface area contributed by atoms with Crippen LogP contribution in [-0.2, 0) is 25.8 Å². The van der Waals surface area contributed by atoms with Gasteiger partial charge in [-0.25, -0.2) is 0 Å². The van der Waals surface area contributed by atoms with E-state index in [0.29, 0.717) is 18.7 Å². The van der Waals surface area contributed by atoms with Gasteiger partial charge in [-0.1, -0.05) is 53.6 Å². The molecule has 2 nitrogen and oxygen atoms in total. The van der Waals surface area contributed by atoms with Crippen molar-refractivity contribution in [2.45, 2.75) is 25.8 Å². The number of nitrogens with two attached hydrogens (primary N) is 1. The largest absolute Gasteiger partial charge is 0.655 e. The molecule has 2 N–H and O–H groups in total. The monoisotopic (exact) mass is 293 g/mol. The first-order chi connectivity index (χ1) is 9.99. The number of hydrogen-bond donors (Lipinski definition) is 1. The van der Waals surface area contributed by atoms with Gasteiger partial charge in [0.15, 0.2) is 0 Å². The van der Waals surface area contributed by atoms with Crippen LogP contribution < -0.4 is 5.73 Å². The lowest BCUT2D eigenvalue weighted by atomic mass is 10.1. The molecule has 0 aliphatic carbocycles. The highest BCUT2D eigenvalue weighted by molar-refractivity contribution is 5.28.